The number of carbonyl (C=O) groups is 2. The molecule has 5 nitrogen and oxygen atoms in total. The number of Topliss-reactive ketones (excluding diaryl/α,β-unsaturated/α-hetero) is 1. The first-order chi connectivity index (χ1) is 10.7. The van der Waals surface area contributed by atoms with Crippen LogP contribution in [0, 0.1) is 11.6 Å². The summed E-state index contributed by atoms with van der Waals surface area (Å²) in [5, 5.41) is 10.9. The fourth-order valence-electron chi connectivity index (χ4n) is 1.91. The van der Waals surface area contributed by atoms with E-state index in [0.29, 0.717) is 0 Å². The molecule has 0 aliphatic rings. The molecule has 2 rings (SSSR count). The Hall–Kier alpha value is -2.54. The highest BCUT2D eigenvalue weighted by Gasteiger charge is 2.19. The van der Waals surface area contributed by atoms with Crippen LogP contribution in [-0.4, -0.2) is 35.7 Å². The molecule has 0 saturated heterocycles. The highest BCUT2D eigenvalue weighted by atomic mass is 35.5. The van der Waals surface area contributed by atoms with Gasteiger partial charge in [0.25, 0.3) is 0 Å². The van der Waals surface area contributed by atoms with E-state index < -0.39 is 29.0 Å². The number of carbonyl (C=O) groups excluding carboxylic acids is 2. The van der Waals surface area contributed by atoms with Crippen molar-refractivity contribution in [1.29, 1.82) is 0 Å². The topological polar surface area (TPSA) is 73.3 Å². The first-order valence-electron chi connectivity index (χ1n) is 6.30. The Morgan fingerprint density at radius 2 is 1.83 bits per heavy atom. The normalized spacial score (nSPS) is 11.6. The summed E-state index contributed by atoms with van der Waals surface area (Å²) in [4.78, 5) is 28.6. The number of ketones is 1. The quantitative estimate of drug-likeness (QED) is 0.278. The zero-order valence-corrected chi connectivity index (χ0v) is 12.8. The van der Waals surface area contributed by atoms with Crippen LogP contribution in [0.1, 0.15) is 10.4 Å². The molecule has 8 heteroatoms. The smallest absolute Gasteiger partial charge is 0.199 e. The minimum Gasteiger partial charge on any atom is -0.545 e. The van der Waals surface area contributed by atoms with Crippen molar-refractivity contribution in [3.63, 3.8) is 0 Å². The molecule has 1 aromatic heterocycles. The standard InChI is InChI=1S/C15H11ClF2N2O3/c1-20(2)6-9(15(22)23)13(21)8-3-7-4-10(17)11(18)5-12(7)19-14(8)16/h3-6H,1-2H3,(H,22,23)/p-1/b9-6-. The molecule has 0 unspecified atom stereocenters. The Labute approximate surface area is 134 Å². The van der Waals surface area contributed by atoms with Crippen LogP contribution in [0.3, 0.4) is 0 Å². The molecule has 0 N–H and O–H groups in total. The second-order valence-corrected chi connectivity index (χ2v) is 5.27. The van der Waals surface area contributed by atoms with Gasteiger partial charge < -0.3 is 14.8 Å². The maximum atomic E-state index is 13.3. The third-order valence-corrected chi connectivity index (χ3v) is 3.19. The van der Waals surface area contributed by atoms with Crippen LogP contribution >= 0.6 is 11.6 Å². The predicted molar refractivity (Wildman–Crippen MR) is 77.8 cm³/mol. The van der Waals surface area contributed by atoms with Gasteiger partial charge in [-0.15, -0.1) is 0 Å². The van der Waals surface area contributed by atoms with Crippen molar-refractivity contribution < 1.29 is 23.5 Å². The van der Waals surface area contributed by atoms with Crippen LogP contribution in [-0.2, 0) is 4.79 Å². The summed E-state index contributed by atoms with van der Waals surface area (Å²) in [6.45, 7) is 0. The van der Waals surface area contributed by atoms with E-state index in [1.54, 1.807) is 0 Å². The predicted octanol–water partition coefficient (Wildman–Crippen LogP) is 1.54. The van der Waals surface area contributed by atoms with Crippen molar-refractivity contribution in [2.24, 2.45) is 0 Å². The molecule has 0 aliphatic heterocycles. The Balaban J connectivity index is 2.62. The van der Waals surface area contributed by atoms with E-state index in [1.165, 1.54) is 19.0 Å². The number of aliphatic carboxylic acids is 1. The second-order valence-electron chi connectivity index (χ2n) is 4.91. The van der Waals surface area contributed by atoms with Gasteiger partial charge in [-0.1, -0.05) is 11.6 Å². The van der Waals surface area contributed by atoms with E-state index in [0.717, 1.165) is 24.4 Å². The van der Waals surface area contributed by atoms with Crippen LogP contribution in [0.15, 0.2) is 30.0 Å². The summed E-state index contributed by atoms with van der Waals surface area (Å²) in [6, 6.07) is 2.83. The Morgan fingerprint density at radius 1 is 1.22 bits per heavy atom. The number of hydrogen-bond acceptors (Lipinski definition) is 5. The molecule has 0 radical (unpaired) electrons. The Kier molecular flexibility index (Phi) is 4.60. The number of aromatic nitrogens is 1. The van der Waals surface area contributed by atoms with Crippen LogP contribution < -0.4 is 5.11 Å². The maximum Gasteiger partial charge on any atom is 0.199 e. The molecule has 0 aliphatic carbocycles. The van der Waals surface area contributed by atoms with E-state index in [1.807, 2.05) is 0 Å². The fourth-order valence-corrected chi connectivity index (χ4v) is 2.14. The summed E-state index contributed by atoms with van der Waals surface area (Å²) < 4.78 is 26.5. The lowest BCUT2D eigenvalue weighted by Crippen LogP contribution is -2.30. The van der Waals surface area contributed by atoms with Gasteiger partial charge in [0, 0.05) is 31.7 Å². The molecule has 120 valence electrons. The van der Waals surface area contributed by atoms with E-state index in [4.69, 9.17) is 11.6 Å². The number of nitrogens with zero attached hydrogens (tertiary/aromatic N) is 2. The Morgan fingerprint density at radius 3 is 2.39 bits per heavy atom. The maximum absolute atomic E-state index is 13.3. The lowest BCUT2D eigenvalue weighted by molar-refractivity contribution is -0.298. The summed E-state index contributed by atoms with van der Waals surface area (Å²) in [5.41, 5.74) is -0.847. The van der Waals surface area contributed by atoms with E-state index in [-0.39, 0.29) is 21.6 Å². The molecule has 0 fully saturated rings. The van der Waals surface area contributed by atoms with Crippen LogP contribution in [0.5, 0.6) is 0 Å². The molecule has 1 aromatic carbocycles. The molecule has 0 amide bonds. The average molecular weight is 340 g/mol. The number of carboxylic acid groups (broad SMARTS) is 1. The van der Waals surface area contributed by atoms with Gasteiger partial charge in [0.1, 0.15) is 5.15 Å². The highest BCUT2D eigenvalue weighted by molar-refractivity contribution is 6.36. The summed E-state index contributed by atoms with van der Waals surface area (Å²) >= 11 is 5.87. The molecule has 1 heterocycles. The van der Waals surface area contributed by atoms with Crippen molar-refractivity contribution >= 4 is 34.3 Å². The Bertz CT molecular complexity index is 850. The van der Waals surface area contributed by atoms with Crippen LogP contribution in [0.4, 0.5) is 8.78 Å². The molecule has 2 aromatic rings. The van der Waals surface area contributed by atoms with Crippen molar-refractivity contribution in [3.05, 3.63) is 52.3 Å². The average Bonchev–Trinajstić information content (AvgIpc) is 2.45. The largest absolute Gasteiger partial charge is 0.545 e. The second kappa shape index (κ2) is 6.29. The number of rotatable bonds is 4. The molecular formula is C15H10ClF2N2O3-. The summed E-state index contributed by atoms with van der Waals surface area (Å²) in [6.07, 6.45) is 1.06. The van der Waals surface area contributed by atoms with Crippen molar-refractivity contribution in [2.45, 2.75) is 0 Å². The number of carboxylic acids is 1. The monoisotopic (exact) mass is 339 g/mol. The van der Waals surface area contributed by atoms with Gasteiger partial charge >= 0.3 is 0 Å². The number of pyridine rings is 1. The zero-order chi connectivity index (χ0) is 17.3. The lowest BCUT2D eigenvalue weighted by Gasteiger charge is -2.13. The van der Waals surface area contributed by atoms with Crippen LogP contribution in [0.25, 0.3) is 10.9 Å². The van der Waals surface area contributed by atoms with E-state index >= 15 is 0 Å². The summed E-state index contributed by atoms with van der Waals surface area (Å²) in [7, 11) is 3.04. The van der Waals surface area contributed by atoms with E-state index in [2.05, 4.69) is 4.98 Å². The van der Waals surface area contributed by atoms with Gasteiger partial charge in [0.2, 0.25) is 0 Å². The van der Waals surface area contributed by atoms with Gasteiger partial charge in [-0.25, -0.2) is 13.8 Å². The molecular weight excluding hydrogens is 330 g/mol. The molecule has 0 spiro atoms. The summed E-state index contributed by atoms with van der Waals surface area (Å²) in [5.74, 6) is -4.86. The van der Waals surface area contributed by atoms with Gasteiger partial charge in [-0.2, -0.15) is 0 Å². The fraction of sp³-hybridized carbons (Fsp3) is 0.133. The third kappa shape index (κ3) is 3.45. The first kappa shape index (κ1) is 16.8. The SMILES string of the molecule is CN(C)/C=C(\C(=O)[O-])C(=O)c1cc2cc(F)c(F)cc2nc1Cl. The number of fused-ring (bicyclic) bond motifs is 1. The van der Waals surface area contributed by atoms with Gasteiger partial charge in [-0.3, -0.25) is 4.79 Å². The molecule has 0 saturated carbocycles. The van der Waals surface area contributed by atoms with Crippen molar-refractivity contribution in [1.82, 2.24) is 9.88 Å². The third-order valence-electron chi connectivity index (χ3n) is 2.91. The number of hydrogen-bond donors (Lipinski definition) is 0. The highest BCUT2D eigenvalue weighted by Crippen LogP contribution is 2.25. The van der Waals surface area contributed by atoms with Crippen molar-refractivity contribution in [2.75, 3.05) is 14.1 Å². The lowest BCUT2D eigenvalue weighted by atomic mass is 10.0. The van der Waals surface area contributed by atoms with Gasteiger partial charge in [-0.05, 0) is 12.1 Å². The van der Waals surface area contributed by atoms with E-state index in [9.17, 15) is 23.5 Å². The molecule has 0 bridgehead atoms. The van der Waals surface area contributed by atoms with Gasteiger partial charge in [0.15, 0.2) is 17.4 Å². The number of halogens is 3. The van der Waals surface area contributed by atoms with Crippen LogP contribution in [0.2, 0.25) is 5.15 Å². The first-order valence-corrected chi connectivity index (χ1v) is 6.68. The zero-order valence-electron chi connectivity index (χ0n) is 12.1. The van der Waals surface area contributed by atoms with Crippen molar-refractivity contribution in [3.8, 4) is 0 Å². The molecule has 23 heavy (non-hydrogen) atoms. The minimum atomic E-state index is -1.69. The number of benzene rings is 1. The molecule has 0 atom stereocenters. The minimum absolute atomic E-state index is 0.0389. The van der Waals surface area contributed by atoms with Gasteiger partial charge in [0.05, 0.1) is 22.6 Å².